The highest BCUT2D eigenvalue weighted by Crippen LogP contribution is 2.32. The van der Waals surface area contributed by atoms with E-state index in [1.807, 2.05) is 13.0 Å². The van der Waals surface area contributed by atoms with Gasteiger partial charge < -0.3 is 19.8 Å². The van der Waals surface area contributed by atoms with Gasteiger partial charge in [-0.05, 0) is 31.3 Å². The van der Waals surface area contributed by atoms with Crippen molar-refractivity contribution in [1.29, 1.82) is 0 Å². The minimum atomic E-state index is -0.265. The summed E-state index contributed by atoms with van der Waals surface area (Å²) in [5, 5.41) is 0. The monoisotopic (exact) mass is 357 g/mol. The van der Waals surface area contributed by atoms with E-state index in [0.717, 1.165) is 5.56 Å². The standard InChI is InChI=1S/C15H19N3O3S.ClH/c1-9(16)8-18-12(7-14(19)17-15(18)22)11-5-4-10(20-2)6-13(11)21-3;/h4-7,9H,8,16H2,1-3H3,(H,17,19,22);1H/t9-;/m0./s1. The Morgan fingerprint density at radius 1 is 1.30 bits per heavy atom. The third-order valence-corrected chi connectivity index (χ3v) is 3.51. The van der Waals surface area contributed by atoms with Gasteiger partial charge in [-0.1, -0.05) is 0 Å². The first-order valence-corrected chi connectivity index (χ1v) is 7.19. The van der Waals surface area contributed by atoms with Gasteiger partial charge in [-0.2, -0.15) is 0 Å². The maximum absolute atomic E-state index is 11.8. The quantitative estimate of drug-likeness (QED) is 0.803. The van der Waals surface area contributed by atoms with E-state index in [1.54, 1.807) is 30.9 Å². The van der Waals surface area contributed by atoms with Gasteiger partial charge in [0.15, 0.2) is 4.77 Å². The molecule has 0 spiro atoms. The zero-order valence-electron chi connectivity index (χ0n) is 13.2. The van der Waals surface area contributed by atoms with Gasteiger partial charge in [0.05, 0.1) is 19.9 Å². The Labute approximate surface area is 145 Å². The third-order valence-electron chi connectivity index (χ3n) is 3.19. The zero-order valence-corrected chi connectivity index (χ0v) is 14.8. The van der Waals surface area contributed by atoms with Crippen LogP contribution in [-0.4, -0.2) is 29.8 Å². The van der Waals surface area contributed by atoms with Crippen LogP contribution in [0.1, 0.15) is 6.92 Å². The first-order valence-electron chi connectivity index (χ1n) is 6.78. The number of halogens is 1. The topological polar surface area (TPSA) is 82.3 Å². The summed E-state index contributed by atoms with van der Waals surface area (Å²) in [5.74, 6) is 1.26. The molecular formula is C15H20ClN3O3S. The van der Waals surface area contributed by atoms with Crippen LogP contribution in [0.3, 0.4) is 0 Å². The lowest BCUT2D eigenvalue weighted by Gasteiger charge is -2.17. The summed E-state index contributed by atoms with van der Waals surface area (Å²) in [5.41, 5.74) is 7.03. The summed E-state index contributed by atoms with van der Waals surface area (Å²) in [6.07, 6.45) is 0. The largest absolute Gasteiger partial charge is 0.497 e. The average Bonchev–Trinajstić information content (AvgIpc) is 2.48. The van der Waals surface area contributed by atoms with E-state index >= 15 is 0 Å². The van der Waals surface area contributed by atoms with Gasteiger partial charge in [0.25, 0.3) is 5.56 Å². The number of benzene rings is 1. The Balaban J connectivity index is 0.00000264. The van der Waals surface area contributed by atoms with Crippen LogP contribution < -0.4 is 20.8 Å². The number of H-pyrrole nitrogens is 1. The maximum atomic E-state index is 11.8. The van der Waals surface area contributed by atoms with Crippen LogP contribution in [0.15, 0.2) is 29.1 Å². The summed E-state index contributed by atoms with van der Waals surface area (Å²) in [6, 6.07) is 6.77. The summed E-state index contributed by atoms with van der Waals surface area (Å²) in [7, 11) is 3.15. The number of aromatic amines is 1. The molecule has 8 heteroatoms. The molecule has 0 aliphatic rings. The average molecular weight is 358 g/mol. The van der Waals surface area contributed by atoms with Crippen molar-refractivity contribution in [2.75, 3.05) is 14.2 Å². The highest BCUT2D eigenvalue weighted by Gasteiger charge is 2.13. The van der Waals surface area contributed by atoms with E-state index in [9.17, 15) is 4.79 Å². The summed E-state index contributed by atoms with van der Waals surface area (Å²) in [4.78, 5) is 14.4. The molecule has 0 amide bonds. The van der Waals surface area contributed by atoms with Crippen molar-refractivity contribution in [2.24, 2.45) is 5.73 Å². The van der Waals surface area contributed by atoms with Gasteiger partial charge in [0.2, 0.25) is 0 Å². The number of nitrogens with two attached hydrogens (primary N) is 1. The highest BCUT2D eigenvalue weighted by molar-refractivity contribution is 7.71. The molecule has 1 atom stereocenters. The molecule has 0 radical (unpaired) electrons. The van der Waals surface area contributed by atoms with Crippen LogP contribution in [0, 0.1) is 4.77 Å². The summed E-state index contributed by atoms with van der Waals surface area (Å²) < 4.78 is 12.7. The van der Waals surface area contributed by atoms with Crippen molar-refractivity contribution in [1.82, 2.24) is 9.55 Å². The second-order valence-electron chi connectivity index (χ2n) is 4.98. The molecular weight excluding hydrogens is 338 g/mol. The molecule has 1 heterocycles. The molecule has 1 aromatic carbocycles. The molecule has 0 bridgehead atoms. The zero-order chi connectivity index (χ0) is 16.3. The number of ether oxygens (including phenoxy) is 2. The minimum Gasteiger partial charge on any atom is -0.497 e. The van der Waals surface area contributed by atoms with E-state index in [0.29, 0.717) is 28.5 Å². The Bertz CT molecular complexity index is 786. The first-order chi connectivity index (χ1) is 10.5. The van der Waals surface area contributed by atoms with Crippen LogP contribution >= 0.6 is 24.6 Å². The molecule has 1 aromatic heterocycles. The second kappa shape index (κ2) is 8.14. The predicted octanol–water partition coefficient (Wildman–Crippen LogP) is 2.36. The van der Waals surface area contributed by atoms with Gasteiger partial charge in [-0.25, -0.2) is 0 Å². The van der Waals surface area contributed by atoms with Crippen molar-refractivity contribution in [3.8, 4) is 22.8 Å². The molecule has 6 nitrogen and oxygen atoms in total. The molecule has 2 aromatic rings. The lowest BCUT2D eigenvalue weighted by Crippen LogP contribution is -2.25. The second-order valence-corrected chi connectivity index (χ2v) is 5.36. The van der Waals surface area contributed by atoms with Gasteiger partial charge in [0, 0.05) is 30.3 Å². The summed E-state index contributed by atoms with van der Waals surface area (Å²) >= 11 is 5.26. The van der Waals surface area contributed by atoms with Gasteiger partial charge in [-0.3, -0.25) is 9.78 Å². The Morgan fingerprint density at radius 2 is 2.00 bits per heavy atom. The Hall–Kier alpha value is -1.83. The third kappa shape index (κ3) is 4.34. The smallest absolute Gasteiger partial charge is 0.252 e. The molecule has 126 valence electrons. The fraction of sp³-hybridized carbons (Fsp3) is 0.333. The minimum absolute atomic E-state index is 0. The molecule has 0 aliphatic carbocycles. The van der Waals surface area contributed by atoms with Crippen LogP contribution in [0.4, 0.5) is 0 Å². The number of methoxy groups -OCH3 is 2. The van der Waals surface area contributed by atoms with Gasteiger partial charge >= 0.3 is 0 Å². The Morgan fingerprint density at radius 3 is 2.57 bits per heavy atom. The fourth-order valence-electron chi connectivity index (χ4n) is 2.22. The number of aromatic nitrogens is 2. The molecule has 0 unspecified atom stereocenters. The molecule has 0 fully saturated rings. The molecule has 0 saturated heterocycles. The van der Waals surface area contributed by atoms with E-state index in [-0.39, 0.29) is 24.0 Å². The number of hydrogen-bond donors (Lipinski definition) is 2. The number of nitrogens with zero attached hydrogens (tertiary/aromatic N) is 1. The van der Waals surface area contributed by atoms with E-state index in [1.165, 1.54) is 6.07 Å². The molecule has 23 heavy (non-hydrogen) atoms. The van der Waals surface area contributed by atoms with E-state index in [2.05, 4.69) is 4.98 Å². The van der Waals surface area contributed by atoms with Crippen molar-refractivity contribution in [2.45, 2.75) is 19.5 Å². The van der Waals surface area contributed by atoms with Crippen molar-refractivity contribution >= 4 is 24.6 Å². The lowest BCUT2D eigenvalue weighted by molar-refractivity contribution is 0.395. The fourth-order valence-corrected chi connectivity index (χ4v) is 2.50. The van der Waals surface area contributed by atoms with Crippen molar-refractivity contribution < 1.29 is 9.47 Å². The first kappa shape index (κ1) is 19.2. The normalized spacial score (nSPS) is 11.5. The summed E-state index contributed by atoms with van der Waals surface area (Å²) in [6.45, 7) is 2.36. The lowest BCUT2D eigenvalue weighted by atomic mass is 10.1. The number of nitrogens with one attached hydrogen (secondary N) is 1. The number of hydrogen-bond acceptors (Lipinski definition) is 5. The highest BCUT2D eigenvalue weighted by atomic mass is 35.5. The van der Waals surface area contributed by atoms with Crippen LogP contribution in [0.25, 0.3) is 11.3 Å². The van der Waals surface area contributed by atoms with Crippen LogP contribution in [-0.2, 0) is 6.54 Å². The van der Waals surface area contributed by atoms with Gasteiger partial charge in [-0.15, -0.1) is 12.4 Å². The van der Waals surface area contributed by atoms with Gasteiger partial charge in [0.1, 0.15) is 11.5 Å². The Kier molecular flexibility index (Phi) is 6.80. The molecule has 2 rings (SSSR count). The number of rotatable bonds is 5. The van der Waals surface area contributed by atoms with E-state index < -0.39 is 0 Å². The SMILES string of the molecule is COc1ccc(-c2cc(=O)[nH]c(=S)n2C[C@H](C)N)c(OC)c1.Cl. The predicted molar refractivity (Wildman–Crippen MR) is 95.3 cm³/mol. The maximum Gasteiger partial charge on any atom is 0.252 e. The molecule has 3 N–H and O–H groups in total. The van der Waals surface area contributed by atoms with Crippen molar-refractivity contribution in [3.63, 3.8) is 0 Å². The molecule has 0 saturated carbocycles. The van der Waals surface area contributed by atoms with E-state index in [4.69, 9.17) is 27.4 Å². The molecule has 0 aliphatic heterocycles. The van der Waals surface area contributed by atoms with Crippen LogP contribution in [0.5, 0.6) is 11.5 Å². The van der Waals surface area contributed by atoms with Crippen molar-refractivity contribution in [3.05, 3.63) is 39.4 Å². The van der Waals surface area contributed by atoms with Crippen LogP contribution in [0.2, 0.25) is 0 Å².